The van der Waals surface area contributed by atoms with Crippen molar-refractivity contribution in [3.05, 3.63) is 57.8 Å². The molecule has 0 aromatic heterocycles. The molecular weight excluding hydrogens is 339 g/mol. The molecule has 0 unspecified atom stereocenters. The molecule has 0 aliphatic heterocycles. The molecule has 0 saturated carbocycles. The lowest BCUT2D eigenvalue weighted by Crippen LogP contribution is -2.20. The molecule has 2 aromatic rings. The van der Waals surface area contributed by atoms with Gasteiger partial charge in [0, 0.05) is 10.2 Å². The molecule has 0 radical (unpaired) electrons. The van der Waals surface area contributed by atoms with E-state index < -0.39 is 0 Å². The maximum Gasteiger partial charge on any atom is 0.175 e. The molecule has 104 valence electrons. The van der Waals surface area contributed by atoms with Crippen LogP contribution in [0, 0.1) is 19.7 Å². The lowest BCUT2D eigenvalue weighted by Gasteiger charge is -2.13. The third-order valence-corrected chi connectivity index (χ3v) is 3.51. The lowest BCUT2D eigenvalue weighted by molar-refractivity contribution is 0.631. The van der Waals surface area contributed by atoms with Crippen LogP contribution in [0.5, 0.6) is 0 Å². The summed E-state index contributed by atoms with van der Waals surface area (Å²) >= 11 is 8.61. The molecule has 0 fully saturated rings. The van der Waals surface area contributed by atoms with Gasteiger partial charge in [-0.3, -0.25) is 0 Å². The zero-order valence-electron chi connectivity index (χ0n) is 11.1. The summed E-state index contributed by atoms with van der Waals surface area (Å²) < 4.78 is 14.7. The monoisotopic (exact) mass is 352 g/mol. The summed E-state index contributed by atoms with van der Waals surface area (Å²) in [6, 6.07) is 10.8. The van der Waals surface area contributed by atoms with Gasteiger partial charge in [0.2, 0.25) is 0 Å². The van der Waals surface area contributed by atoms with E-state index in [0.717, 1.165) is 21.3 Å². The Kier molecular flexibility index (Phi) is 4.73. The SMILES string of the molecule is Cc1ccc(NC(=S)Nc2ccc(Br)cc2C)c(F)c1. The first kappa shape index (κ1) is 14.9. The topological polar surface area (TPSA) is 24.1 Å². The fraction of sp³-hybridized carbons (Fsp3) is 0.133. The van der Waals surface area contributed by atoms with Crippen molar-refractivity contribution in [2.75, 3.05) is 10.6 Å². The van der Waals surface area contributed by atoms with Crippen molar-refractivity contribution in [3.8, 4) is 0 Å². The second-order valence-electron chi connectivity index (χ2n) is 4.52. The third-order valence-electron chi connectivity index (χ3n) is 2.81. The van der Waals surface area contributed by atoms with E-state index in [2.05, 4.69) is 26.6 Å². The number of aryl methyl sites for hydroxylation is 2. The number of hydrogen-bond donors (Lipinski definition) is 2. The van der Waals surface area contributed by atoms with Crippen molar-refractivity contribution in [2.45, 2.75) is 13.8 Å². The van der Waals surface area contributed by atoms with Gasteiger partial charge in [-0.1, -0.05) is 22.0 Å². The highest BCUT2D eigenvalue weighted by Gasteiger charge is 2.06. The molecule has 0 bridgehead atoms. The first-order chi connectivity index (χ1) is 9.45. The Morgan fingerprint density at radius 2 is 1.70 bits per heavy atom. The lowest BCUT2D eigenvalue weighted by atomic mass is 10.2. The van der Waals surface area contributed by atoms with E-state index in [1.54, 1.807) is 6.07 Å². The van der Waals surface area contributed by atoms with E-state index in [1.165, 1.54) is 6.07 Å². The van der Waals surface area contributed by atoms with Crippen LogP contribution in [0.3, 0.4) is 0 Å². The summed E-state index contributed by atoms with van der Waals surface area (Å²) in [4.78, 5) is 0. The van der Waals surface area contributed by atoms with E-state index in [-0.39, 0.29) is 5.82 Å². The number of benzene rings is 2. The van der Waals surface area contributed by atoms with Gasteiger partial charge in [0.1, 0.15) is 5.82 Å². The van der Waals surface area contributed by atoms with Crippen LogP contribution >= 0.6 is 28.1 Å². The molecule has 0 amide bonds. The average Bonchev–Trinajstić information content (AvgIpc) is 2.36. The van der Waals surface area contributed by atoms with Gasteiger partial charge in [0.25, 0.3) is 0 Å². The molecular formula is C15H14BrFN2S. The first-order valence-electron chi connectivity index (χ1n) is 6.06. The smallest absolute Gasteiger partial charge is 0.175 e. The van der Waals surface area contributed by atoms with Crippen molar-refractivity contribution in [3.63, 3.8) is 0 Å². The predicted octanol–water partition coefficient (Wildman–Crippen LogP) is 5.01. The number of halogens is 2. The second-order valence-corrected chi connectivity index (χ2v) is 5.85. The number of thiocarbonyl (C=S) groups is 1. The van der Waals surface area contributed by atoms with Crippen molar-refractivity contribution >= 4 is 44.6 Å². The summed E-state index contributed by atoms with van der Waals surface area (Å²) in [7, 11) is 0. The van der Waals surface area contributed by atoms with Gasteiger partial charge in [-0.2, -0.15) is 0 Å². The van der Waals surface area contributed by atoms with E-state index >= 15 is 0 Å². The molecule has 2 nitrogen and oxygen atoms in total. The van der Waals surface area contributed by atoms with Gasteiger partial charge in [0.15, 0.2) is 5.11 Å². The summed E-state index contributed by atoms with van der Waals surface area (Å²) in [6.07, 6.45) is 0. The van der Waals surface area contributed by atoms with Gasteiger partial charge >= 0.3 is 0 Å². The summed E-state index contributed by atoms with van der Waals surface area (Å²) in [6.45, 7) is 3.82. The predicted molar refractivity (Wildman–Crippen MR) is 89.9 cm³/mol. The molecule has 0 saturated heterocycles. The minimum atomic E-state index is -0.318. The zero-order chi connectivity index (χ0) is 14.7. The van der Waals surface area contributed by atoms with Crippen LogP contribution in [0.4, 0.5) is 15.8 Å². The van der Waals surface area contributed by atoms with Crippen LogP contribution in [0.1, 0.15) is 11.1 Å². The Balaban J connectivity index is 2.09. The standard InChI is InChI=1S/C15H14BrFN2S/c1-9-3-5-14(12(17)7-9)19-15(20)18-13-6-4-11(16)8-10(13)2/h3-8H,1-2H3,(H2,18,19,20). The molecule has 0 heterocycles. The number of hydrogen-bond acceptors (Lipinski definition) is 1. The molecule has 20 heavy (non-hydrogen) atoms. The van der Waals surface area contributed by atoms with Crippen LogP contribution < -0.4 is 10.6 Å². The van der Waals surface area contributed by atoms with E-state index in [4.69, 9.17) is 12.2 Å². The number of rotatable bonds is 2. The molecule has 2 aromatic carbocycles. The molecule has 2 N–H and O–H groups in total. The van der Waals surface area contributed by atoms with Crippen molar-refractivity contribution in [2.24, 2.45) is 0 Å². The third kappa shape index (κ3) is 3.77. The summed E-state index contributed by atoms with van der Waals surface area (Å²) in [5.74, 6) is -0.318. The van der Waals surface area contributed by atoms with Crippen LogP contribution in [-0.4, -0.2) is 5.11 Å². The van der Waals surface area contributed by atoms with Gasteiger partial charge in [-0.25, -0.2) is 4.39 Å². The van der Waals surface area contributed by atoms with Crippen molar-refractivity contribution in [1.29, 1.82) is 0 Å². The highest BCUT2D eigenvalue weighted by Crippen LogP contribution is 2.21. The Hall–Kier alpha value is -1.46. The Morgan fingerprint density at radius 1 is 1.05 bits per heavy atom. The molecule has 0 aliphatic rings. The second kappa shape index (κ2) is 6.33. The fourth-order valence-corrected chi connectivity index (χ4v) is 2.46. The van der Waals surface area contributed by atoms with Crippen molar-refractivity contribution < 1.29 is 4.39 Å². The molecule has 0 atom stereocenters. The van der Waals surface area contributed by atoms with Gasteiger partial charge in [0.05, 0.1) is 5.69 Å². The average molecular weight is 353 g/mol. The summed E-state index contributed by atoms with van der Waals surface area (Å²) in [5.41, 5.74) is 3.17. The minimum Gasteiger partial charge on any atom is -0.332 e. The molecule has 0 aliphatic carbocycles. The Bertz CT molecular complexity index is 603. The Labute approximate surface area is 131 Å². The molecule has 0 spiro atoms. The Morgan fingerprint density at radius 3 is 2.35 bits per heavy atom. The van der Waals surface area contributed by atoms with Crippen LogP contribution in [0.15, 0.2) is 40.9 Å². The molecule has 2 rings (SSSR count). The maximum atomic E-state index is 13.7. The fourth-order valence-electron chi connectivity index (χ4n) is 1.76. The molecule has 5 heteroatoms. The highest BCUT2D eigenvalue weighted by molar-refractivity contribution is 9.10. The van der Waals surface area contributed by atoms with Crippen LogP contribution in [0.25, 0.3) is 0 Å². The van der Waals surface area contributed by atoms with E-state index in [0.29, 0.717) is 10.8 Å². The normalized spacial score (nSPS) is 10.2. The van der Waals surface area contributed by atoms with Gasteiger partial charge in [-0.15, -0.1) is 0 Å². The maximum absolute atomic E-state index is 13.7. The quantitative estimate of drug-likeness (QED) is 0.742. The van der Waals surface area contributed by atoms with Crippen molar-refractivity contribution in [1.82, 2.24) is 0 Å². The van der Waals surface area contributed by atoms with Crippen LogP contribution in [-0.2, 0) is 0 Å². The highest BCUT2D eigenvalue weighted by atomic mass is 79.9. The van der Waals surface area contributed by atoms with E-state index in [1.807, 2.05) is 38.1 Å². The van der Waals surface area contributed by atoms with Gasteiger partial charge < -0.3 is 10.6 Å². The van der Waals surface area contributed by atoms with Gasteiger partial charge in [-0.05, 0) is 67.5 Å². The zero-order valence-corrected chi connectivity index (χ0v) is 13.5. The number of nitrogens with one attached hydrogen (secondary N) is 2. The van der Waals surface area contributed by atoms with E-state index in [9.17, 15) is 4.39 Å². The van der Waals surface area contributed by atoms with Crippen LogP contribution in [0.2, 0.25) is 0 Å². The first-order valence-corrected chi connectivity index (χ1v) is 7.26. The largest absolute Gasteiger partial charge is 0.332 e. The summed E-state index contributed by atoms with van der Waals surface area (Å²) in [5, 5.41) is 6.28. The number of anilines is 2. The minimum absolute atomic E-state index is 0.318.